The van der Waals surface area contributed by atoms with Crippen LogP contribution in [0.1, 0.15) is 61.1 Å². The monoisotopic (exact) mass is 548 g/mol. The lowest BCUT2D eigenvalue weighted by Gasteiger charge is -2.35. The van der Waals surface area contributed by atoms with E-state index in [1.165, 1.54) is 12.1 Å². The van der Waals surface area contributed by atoms with E-state index in [1.54, 1.807) is 6.07 Å². The predicted molar refractivity (Wildman–Crippen MR) is 147 cm³/mol. The zero-order valence-electron chi connectivity index (χ0n) is 22.5. The Bertz CT molecular complexity index is 1490. The van der Waals surface area contributed by atoms with Gasteiger partial charge >= 0.3 is 6.18 Å². The zero-order chi connectivity index (χ0) is 28.4. The van der Waals surface area contributed by atoms with E-state index in [4.69, 9.17) is 4.42 Å². The van der Waals surface area contributed by atoms with E-state index in [0.29, 0.717) is 62.5 Å². The summed E-state index contributed by atoms with van der Waals surface area (Å²) in [6.45, 7) is 7.12. The third-order valence-electron chi connectivity index (χ3n) is 7.51. The Kier molecular flexibility index (Phi) is 7.81. The highest BCUT2D eigenvalue weighted by Crippen LogP contribution is 2.34. The van der Waals surface area contributed by atoms with Crippen LogP contribution in [0.25, 0.3) is 11.1 Å². The number of alkyl halides is 3. The van der Waals surface area contributed by atoms with Crippen molar-refractivity contribution < 1.29 is 22.4 Å². The lowest BCUT2D eigenvalue weighted by Crippen LogP contribution is -2.48. The number of piperazine rings is 1. The van der Waals surface area contributed by atoms with Crippen molar-refractivity contribution >= 4 is 22.6 Å². The number of rotatable bonds is 7. The van der Waals surface area contributed by atoms with E-state index in [2.05, 4.69) is 35.9 Å². The topological polar surface area (TPSA) is 73.4 Å². The van der Waals surface area contributed by atoms with Crippen LogP contribution in [0.5, 0.6) is 0 Å². The zero-order valence-corrected chi connectivity index (χ0v) is 22.5. The van der Waals surface area contributed by atoms with Crippen molar-refractivity contribution in [1.82, 2.24) is 9.88 Å². The number of nitrogens with zero attached hydrogens (tertiary/aromatic N) is 4. The molecule has 1 aromatic heterocycles. The fourth-order valence-electron chi connectivity index (χ4n) is 5.27. The number of halogens is 3. The molecule has 0 radical (unpaired) electrons. The molecule has 2 aromatic carbocycles. The Labute approximate surface area is 231 Å². The van der Waals surface area contributed by atoms with Crippen LogP contribution >= 0.6 is 0 Å². The summed E-state index contributed by atoms with van der Waals surface area (Å²) in [4.78, 5) is 21.6. The van der Waals surface area contributed by atoms with E-state index in [0.717, 1.165) is 34.5 Å². The van der Waals surface area contributed by atoms with Crippen LogP contribution in [0.2, 0.25) is 0 Å². The van der Waals surface area contributed by atoms with Crippen LogP contribution in [0.4, 0.5) is 18.9 Å². The highest BCUT2D eigenvalue weighted by Gasteiger charge is 2.30. The summed E-state index contributed by atoms with van der Waals surface area (Å²) >= 11 is 0. The second-order valence-electron chi connectivity index (χ2n) is 10.7. The quantitative estimate of drug-likeness (QED) is 0.332. The van der Waals surface area contributed by atoms with Crippen LogP contribution in [-0.4, -0.2) is 48.4 Å². The summed E-state index contributed by atoms with van der Waals surface area (Å²) in [6.07, 6.45) is 2.74. The fourth-order valence-corrected chi connectivity index (χ4v) is 5.27. The van der Waals surface area contributed by atoms with Crippen molar-refractivity contribution in [1.29, 1.82) is 5.26 Å². The Hall–Kier alpha value is -3.90. The molecule has 3 aromatic rings. The number of carbonyl (C=O) groups excluding carboxylic acids is 1. The molecule has 9 heteroatoms. The van der Waals surface area contributed by atoms with Gasteiger partial charge in [-0.3, -0.25) is 9.69 Å². The second-order valence-corrected chi connectivity index (χ2v) is 10.7. The minimum atomic E-state index is -4.34. The van der Waals surface area contributed by atoms with E-state index >= 15 is 0 Å². The number of allylic oxidation sites excluding steroid dienone is 4. The van der Waals surface area contributed by atoms with Gasteiger partial charge in [0.2, 0.25) is 5.89 Å². The molecular weight excluding hydrogens is 517 g/mol. The van der Waals surface area contributed by atoms with Crippen molar-refractivity contribution in [2.75, 3.05) is 37.6 Å². The van der Waals surface area contributed by atoms with Crippen molar-refractivity contribution in [3.8, 4) is 6.07 Å². The van der Waals surface area contributed by atoms with Crippen molar-refractivity contribution in [3.63, 3.8) is 0 Å². The largest absolute Gasteiger partial charge is 0.440 e. The molecule has 0 bridgehead atoms. The molecule has 6 nitrogen and oxygen atoms in total. The predicted octanol–water partition coefficient (Wildman–Crippen LogP) is 6.59. The van der Waals surface area contributed by atoms with Crippen LogP contribution < -0.4 is 4.90 Å². The number of benzene rings is 2. The van der Waals surface area contributed by atoms with E-state index in [9.17, 15) is 23.2 Å². The first kappa shape index (κ1) is 27.7. The molecule has 0 N–H and O–H groups in total. The van der Waals surface area contributed by atoms with Gasteiger partial charge in [-0.2, -0.15) is 18.4 Å². The average molecular weight is 549 g/mol. The number of nitriles is 1. The molecule has 0 saturated carbocycles. The summed E-state index contributed by atoms with van der Waals surface area (Å²) in [5, 5.41) is 9.36. The molecule has 1 aliphatic carbocycles. The minimum Gasteiger partial charge on any atom is -0.440 e. The molecule has 1 fully saturated rings. The number of oxazole rings is 1. The molecule has 1 aliphatic heterocycles. The number of hydrogen-bond donors (Lipinski definition) is 0. The van der Waals surface area contributed by atoms with Gasteiger partial charge in [-0.25, -0.2) is 4.98 Å². The Morgan fingerprint density at radius 3 is 2.48 bits per heavy atom. The van der Waals surface area contributed by atoms with E-state index in [-0.39, 0.29) is 17.6 Å². The summed E-state index contributed by atoms with van der Waals surface area (Å²) in [5.74, 6) is 0.902. The van der Waals surface area contributed by atoms with Gasteiger partial charge < -0.3 is 9.32 Å². The van der Waals surface area contributed by atoms with Crippen molar-refractivity contribution in [2.24, 2.45) is 0 Å². The van der Waals surface area contributed by atoms with E-state index in [1.807, 2.05) is 23.1 Å². The van der Waals surface area contributed by atoms with Crippen LogP contribution in [0, 0.1) is 11.3 Å². The number of anilines is 1. The second kappa shape index (κ2) is 11.3. The molecular formula is C31H31F3N4O2. The molecule has 1 unspecified atom stereocenters. The maximum atomic E-state index is 12.8. The van der Waals surface area contributed by atoms with Gasteiger partial charge in [0, 0.05) is 43.9 Å². The van der Waals surface area contributed by atoms with Gasteiger partial charge in [0.15, 0.2) is 11.4 Å². The number of ketones is 1. The van der Waals surface area contributed by atoms with Gasteiger partial charge in [0.25, 0.3) is 0 Å². The number of carbonyl (C=O) groups is 1. The molecule has 2 aliphatic rings. The summed E-state index contributed by atoms with van der Waals surface area (Å²) in [7, 11) is 0. The first-order chi connectivity index (χ1) is 19.1. The maximum absolute atomic E-state index is 12.8. The molecule has 5 rings (SSSR count). The smallest absolute Gasteiger partial charge is 0.416 e. The van der Waals surface area contributed by atoms with Gasteiger partial charge in [-0.1, -0.05) is 32.1 Å². The van der Waals surface area contributed by atoms with Crippen LogP contribution in [0.3, 0.4) is 0 Å². The number of hydrogen-bond acceptors (Lipinski definition) is 6. The highest BCUT2D eigenvalue weighted by atomic mass is 19.4. The molecule has 0 amide bonds. The molecule has 208 valence electrons. The van der Waals surface area contributed by atoms with Crippen molar-refractivity contribution in [3.05, 3.63) is 82.8 Å². The van der Waals surface area contributed by atoms with Gasteiger partial charge in [0.1, 0.15) is 5.52 Å². The van der Waals surface area contributed by atoms with Gasteiger partial charge in [-0.15, -0.1) is 0 Å². The van der Waals surface area contributed by atoms with Crippen molar-refractivity contribution in [2.45, 2.75) is 44.7 Å². The average Bonchev–Trinajstić information content (AvgIpc) is 3.37. The Morgan fingerprint density at radius 2 is 1.88 bits per heavy atom. The van der Waals surface area contributed by atoms with Gasteiger partial charge in [-0.05, 0) is 54.3 Å². The summed E-state index contributed by atoms with van der Waals surface area (Å²) < 4.78 is 44.6. The third kappa shape index (κ3) is 6.13. The molecule has 40 heavy (non-hydrogen) atoms. The number of fused-ring (bicyclic) bond motifs is 1. The van der Waals surface area contributed by atoms with Crippen LogP contribution in [-0.2, 0) is 11.0 Å². The first-order valence-electron chi connectivity index (χ1n) is 13.5. The van der Waals surface area contributed by atoms with Crippen LogP contribution in [0.15, 0.2) is 64.6 Å². The highest BCUT2D eigenvalue weighted by molar-refractivity contribution is 5.83. The fraction of sp³-hybridized carbons (Fsp3) is 0.387. The SMILES string of the molecule is CC(C)c1cc(C#N)cc2nc(C3C=CC(CC(=O)CN4CCN(c5ccc(C(F)(F)F)cc5)CC4)=CC3)oc12. The molecule has 1 atom stereocenters. The first-order valence-corrected chi connectivity index (χ1v) is 13.5. The Morgan fingerprint density at radius 1 is 1.15 bits per heavy atom. The lowest BCUT2D eigenvalue weighted by molar-refractivity contribution is -0.137. The molecule has 2 heterocycles. The molecule has 1 saturated heterocycles. The standard InChI is InChI=1S/C31H31F3N4O2/c1-20(2)27-16-22(18-35)17-28-29(27)40-30(36-28)23-5-3-21(4-6-23)15-26(39)19-37-11-13-38(14-12-37)25-9-7-24(8-10-25)31(32,33)34/h3-5,7-10,16-17,20,23H,6,11-15,19H2,1-2H3. The summed E-state index contributed by atoms with van der Waals surface area (Å²) in [6, 6.07) is 11.0. The molecule has 0 spiro atoms. The maximum Gasteiger partial charge on any atom is 0.416 e. The normalized spacial score (nSPS) is 18.3. The Balaban J connectivity index is 1.12. The number of Topliss-reactive ketones (excluding diaryl/α,β-unsaturated/α-hetero) is 1. The number of aromatic nitrogens is 1. The summed E-state index contributed by atoms with van der Waals surface area (Å²) in [5.41, 5.74) is 4.02. The van der Waals surface area contributed by atoms with E-state index < -0.39 is 11.7 Å². The third-order valence-corrected chi connectivity index (χ3v) is 7.51. The van der Waals surface area contributed by atoms with Gasteiger partial charge in [0.05, 0.1) is 29.7 Å². The minimum absolute atomic E-state index is 0.0323. The lowest BCUT2D eigenvalue weighted by atomic mass is 9.94.